The Morgan fingerprint density at radius 3 is 2.48 bits per heavy atom. The van der Waals surface area contributed by atoms with Gasteiger partial charge in [-0.3, -0.25) is 9.69 Å². The lowest BCUT2D eigenvalue weighted by Gasteiger charge is -2.14. The summed E-state index contributed by atoms with van der Waals surface area (Å²) in [7, 11) is 0. The van der Waals surface area contributed by atoms with Gasteiger partial charge >= 0.3 is 0 Å². The second-order valence-corrected chi connectivity index (χ2v) is 8.63. The van der Waals surface area contributed by atoms with Crippen LogP contribution in [0.5, 0.6) is 0 Å². The average molecular weight is 393 g/mol. The Morgan fingerprint density at radius 1 is 1.07 bits per heavy atom. The van der Waals surface area contributed by atoms with Crippen molar-refractivity contribution in [1.29, 1.82) is 0 Å². The first kappa shape index (κ1) is 18.0. The van der Waals surface area contributed by atoms with Gasteiger partial charge in [-0.1, -0.05) is 59.9 Å². The second kappa shape index (κ2) is 6.98. The molecule has 0 saturated carbocycles. The number of benzene rings is 2. The van der Waals surface area contributed by atoms with Crippen molar-refractivity contribution < 1.29 is 4.79 Å². The fourth-order valence-electron chi connectivity index (χ4n) is 3.30. The Bertz CT molecular complexity index is 1080. The van der Waals surface area contributed by atoms with E-state index in [9.17, 15) is 4.79 Å². The number of hydrogen-bond acceptors (Lipinski definition) is 3. The van der Waals surface area contributed by atoms with Gasteiger partial charge in [0.1, 0.15) is 0 Å². The van der Waals surface area contributed by atoms with E-state index in [1.165, 1.54) is 17.3 Å². The van der Waals surface area contributed by atoms with Crippen LogP contribution in [-0.2, 0) is 4.79 Å². The Balaban J connectivity index is 1.75. The van der Waals surface area contributed by atoms with Gasteiger partial charge in [0.05, 0.1) is 10.6 Å². The molecule has 2 aromatic carbocycles. The number of thioether (sulfide) groups is 1. The highest BCUT2D eigenvalue weighted by Gasteiger charge is 2.33. The van der Waals surface area contributed by atoms with Crippen molar-refractivity contribution in [1.82, 2.24) is 4.57 Å². The van der Waals surface area contributed by atoms with Gasteiger partial charge in [0.2, 0.25) is 0 Å². The highest BCUT2D eigenvalue weighted by atomic mass is 32.2. The highest BCUT2D eigenvalue weighted by Crippen LogP contribution is 2.37. The zero-order valence-corrected chi connectivity index (χ0v) is 17.1. The molecule has 4 rings (SSSR count). The van der Waals surface area contributed by atoms with E-state index >= 15 is 0 Å². The number of nitrogens with zero attached hydrogens (tertiary/aromatic N) is 2. The van der Waals surface area contributed by atoms with E-state index in [1.807, 2.05) is 49.4 Å². The number of rotatable bonds is 3. The van der Waals surface area contributed by atoms with Gasteiger partial charge in [0.25, 0.3) is 5.91 Å². The van der Waals surface area contributed by atoms with Gasteiger partial charge < -0.3 is 4.57 Å². The number of carbonyl (C=O) groups excluding carboxylic acids is 1. The number of para-hydroxylation sites is 1. The molecule has 1 aromatic heterocycles. The molecule has 0 radical (unpaired) electrons. The molecule has 27 heavy (non-hydrogen) atoms. The van der Waals surface area contributed by atoms with Crippen molar-refractivity contribution >= 4 is 56.9 Å². The fraction of sp³-hybridized carbons (Fsp3) is 0.182. The Kier molecular flexibility index (Phi) is 4.66. The van der Waals surface area contributed by atoms with E-state index in [0.717, 1.165) is 22.2 Å². The van der Waals surface area contributed by atoms with Crippen molar-refractivity contribution in [2.75, 3.05) is 4.90 Å². The Labute approximate surface area is 168 Å². The van der Waals surface area contributed by atoms with Crippen LogP contribution in [0.4, 0.5) is 5.69 Å². The molecule has 0 unspecified atom stereocenters. The number of fused-ring (bicyclic) bond motifs is 1. The van der Waals surface area contributed by atoms with E-state index in [-0.39, 0.29) is 5.91 Å². The molecule has 1 fully saturated rings. The van der Waals surface area contributed by atoms with Crippen LogP contribution < -0.4 is 4.90 Å². The fourth-order valence-corrected chi connectivity index (χ4v) is 4.59. The van der Waals surface area contributed by atoms with Crippen molar-refractivity contribution in [3.05, 3.63) is 70.8 Å². The zero-order valence-electron chi connectivity index (χ0n) is 15.5. The molecule has 2 heterocycles. The van der Waals surface area contributed by atoms with Crippen LogP contribution in [0.1, 0.15) is 31.0 Å². The molecule has 0 atom stereocenters. The van der Waals surface area contributed by atoms with Crippen molar-refractivity contribution in [2.24, 2.45) is 0 Å². The summed E-state index contributed by atoms with van der Waals surface area (Å²) in [5.74, 6) is -0.0600. The van der Waals surface area contributed by atoms with Crippen LogP contribution in [0.3, 0.4) is 0 Å². The van der Waals surface area contributed by atoms with Crippen molar-refractivity contribution in [3.63, 3.8) is 0 Å². The summed E-state index contributed by atoms with van der Waals surface area (Å²) in [6.07, 6.45) is 4.09. The molecule has 1 aliphatic heterocycles. The Hall–Kier alpha value is -2.37. The molecule has 5 heteroatoms. The summed E-state index contributed by atoms with van der Waals surface area (Å²) >= 11 is 6.85. The van der Waals surface area contributed by atoms with E-state index in [1.54, 1.807) is 4.90 Å². The summed E-state index contributed by atoms with van der Waals surface area (Å²) in [6, 6.07) is 16.5. The van der Waals surface area contributed by atoms with E-state index < -0.39 is 0 Å². The number of thiocarbonyl (C=S) groups is 1. The van der Waals surface area contributed by atoms with Crippen LogP contribution in [0.15, 0.2) is 59.6 Å². The van der Waals surface area contributed by atoms with Gasteiger partial charge in [0, 0.05) is 28.7 Å². The normalized spacial score (nSPS) is 16.3. The number of aromatic nitrogens is 1. The van der Waals surface area contributed by atoms with Gasteiger partial charge in [0.15, 0.2) is 4.32 Å². The van der Waals surface area contributed by atoms with Crippen LogP contribution in [0.2, 0.25) is 0 Å². The van der Waals surface area contributed by atoms with E-state index in [4.69, 9.17) is 12.2 Å². The first-order valence-corrected chi connectivity index (χ1v) is 10.1. The number of hydrogen-bond donors (Lipinski definition) is 0. The van der Waals surface area contributed by atoms with Crippen LogP contribution in [-0.4, -0.2) is 14.8 Å². The molecule has 136 valence electrons. The maximum atomic E-state index is 13.0. The molecule has 3 aromatic rings. The molecule has 0 spiro atoms. The van der Waals surface area contributed by atoms with E-state index in [0.29, 0.717) is 15.3 Å². The van der Waals surface area contributed by atoms with Gasteiger partial charge in [-0.15, -0.1) is 0 Å². The molecule has 1 aliphatic rings. The SMILES string of the molecule is Cc1ccc(N2C(=O)/C(=C/c3cn(C(C)C)c4ccccc34)SC2=S)cc1. The van der Waals surface area contributed by atoms with Gasteiger partial charge in [-0.25, -0.2) is 0 Å². The summed E-state index contributed by atoms with van der Waals surface area (Å²) in [5.41, 5.74) is 4.19. The smallest absolute Gasteiger partial charge is 0.270 e. The number of aryl methyl sites for hydroxylation is 1. The number of amides is 1. The van der Waals surface area contributed by atoms with E-state index in [2.05, 4.69) is 36.7 Å². The zero-order chi connectivity index (χ0) is 19.1. The summed E-state index contributed by atoms with van der Waals surface area (Å²) < 4.78 is 2.81. The molecule has 1 saturated heterocycles. The van der Waals surface area contributed by atoms with Crippen molar-refractivity contribution in [3.8, 4) is 0 Å². The molecule has 0 aliphatic carbocycles. The van der Waals surface area contributed by atoms with Crippen LogP contribution in [0, 0.1) is 6.92 Å². The topological polar surface area (TPSA) is 25.2 Å². The largest absolute Gasteiger partial charge is 0.344 e. The maximum Gasteiger partial charge on any atom is 0.270 e. The number of anilines is 1. The highest BCUT2D eigenvalue weighted by molar-refractivity contribution is 8.27. The molecule has 0 N–H and O–H groups in total. The third-order valence-electron chi connectivity index (χ3n) is 4.70. The van der Waals surface area contributed by atoms with Crippen molar-refractivity contribution in [2.45, 2.75) is 26.8 Å². The minimum Gasteiger partial charge on any atom is -0.344 e. The first-order chi connectivity index (χ1) is 13.0. The predicted molar refractivity (Wildman–Crippen MR) is 119 cm³/mol. The van der Waals surface area contributed by atoms with Gasteiger partial charge in [-0.05, 0) is 45.0 Å². The minimum atomic E-state index is -0.0600. The predicted octanol–water partition coefficient (Wildman–Crippen LogP) is 5.94. The average Bonchev–Trinajstić information content (AvgIpc) is 3.15. The summed E-state index contributed by atoms with van der Waals surface area (Å²) in [4.78, 5) is 15.3. The third kappa shape index (κ3) is 3.22. The molecule has 0 bridgehead atoms. The third-order valence-corrected chi connectivity index (χ3v) is 6.00. The van der Waals surface area contributed by atoms with Crippen LogP contribution in [0.25, 0.3) is 17.0 Å². The quantitative estimate of drug-likeness (QED) is 0.408. The summed E-state index contributed by atoms with van der Waals surface area (Å²) in [5, 5.41) is 1.15. The lowest BCUT2D eigenvalue weighted by molar-refractivity contribution is -0.113. The molecule has 1 amide bonds. The van der Waals surface area contributed by atoms with Gasteiger partial charge in [-0.2, -0.15) is 0 Å². The maximum absolute atomic E-state index is 13.0. The first-order valence-electron chi connectivity index (χ1n) is 8.90. The monoisotopic (exact) mass is 392 g/mol. The minimum absolute atomic E-state index is 0.0600. The lowest BCUT2D eigenvalue weighted by Crippen LogP contribution is -2.27. The standard InChI is InChI=1S/C22H20N2OS2/c1-14(2)23-13-16(18-6-4-5-7-19(18)23)12-20-21(25)24(22(26)27-20)17-10-8-15(3)9-11-17/h4-14H,1-3H3/b20-12-. The Morgan fingerprint density at radius 2 is 1.78 bits per heavy atom. The van der Waals surface area contributed by atoms with Crippen LogP contribution >= 0.6 is 24.0 Å². The lowest BCUT2D eigenvalue weighted by atomic mass is 10.1. The number of carbonyl (C=O) groups is 1. The summed E-state index contributed by atoms with van der Waals surface area (Å²) in [6.45, 7) is 6.35. The second-order valence-electron chi connectivity index (χ2n) is 6.96. The molecule has 3 nitrogen and oxygen atoms in total. The molecular formula is C22H20N2OS2. The molecular weight excluding hydrogens is 372 g/mol.